The first-order chi connectivity index (χ1) is 9.07. The number of halogens is 2. The number of hydrogen-bond donors (Lipinski definition) is 1. The molecular weight excluding hydrogens is 269 g/mol. The summed E-state index contributed by atoms with van der Waals surface area (Å²) in [6, 6.07) is 4.54. The van der Waals surface area contributed by atoms with E-state index in [0.717, 1.165) is 18.4 Å². The maximum atomic E-state index is 13.1. The first kappa shape index (κ1) is 14.7. The monoisotopic (exact) mass is 287 g/mol. The summed E-state index contributed by atoms with van der Waals surface area (Å²) in [6.07, 6.45) is 2.16. The van der Waals surface area contributed by atoms with E-state index in [4.69, 9.17) is 26.8 Å². The lowest BCUT2D eigenvalue weighted by atomic mass is 9.83. The molecule has 1 aliphatic heterocycles. The number of rotatable bonds is 4. The summed E-state index contributed by atoms with van der Waals surface area (Å²) in [6.45, 7) is 1.32. The second kappa shape index (κ2) is 6.18. The molecule has 0 aromatic heterocycles. The predicted molar refractivity (Wildman–Crippen MR) is 72.9 cm³/mol. The Hall–Kier alpha value is -0.680. The number of ether oxygens (including phenoxy) is 2. The summed E-state index contributed by atoms with van der Waals surface area (Å²) in [4.78, 5) is 0. The molecule has 0 radical (unpaired) electrons. The minimum absolute atomic E-state index is 0.128. The van der Waals surface area contributed by atoms with Gasteiger partial charge in [0.05, 0.1) is 10.6 Å². The van der Waals surface area contributed by atoms with Crippen molar-refractivity contribution in [3.05, 3.63) is 34.6 Å². The van der Waals surface area contributed by atoms with Crippen LogP contribution in [0.2, 0.25) is 5.02 Å². The standard InChI is InChI=1S/C14H19ClFNO2/c1-18-14(4-6-19-7-5-14)13(17)9-10-2-3-12(16)11(15)8-10/h2-3,8,13H,4-7,9,17H2,1H3. The fourth-order valence-corrected chi connectivity index (χ4v) is 2.75. The molecule has 106 valence electrons. The molecule has 1 aliphatic rings. The largest absolute Gasteiger partial charge is 0.381 e. The Bertz CT molecular complexity index is 435. The maximum Gasteiger partial charge on any atom is 0.141 e. The predicted octanol–water partition coefficient (Wildman–Crippen LogP) is 2.54. The van der Waals surface area contributed by atoms with Gasteiger partial charge < -0.3 is 15.2 Å². The van der Waals surface area contributed by atoms with Crippen LogP contribution in [0.3, 0.4) is 0 Å². The molecule has 2 rings (SSSR count). The van der Waals surface area contributed by atoms with Crippen LogP contribution in [-0.4, -0.2) is 32.0 Å². The zero-order chi connectivity index (χ0) is 13.9. The molecule has 0 aliphatic carbocycles. The van der Waals surface area contributed by atoms with Crippen LogP contribution in [0.15, 0.2) is 18.2 Å². The summed E-state index contributed by atoms with van der Waals surface area (Å²) >= 11 is 5.78. The summed E-state index contributed by atoms with van der Waals surface area (Å²) < 4.78 is 24.1. The van der Waals surface area contributed by atoms with Crippen molar-refractivity contribution in [1.29, 1.82) is 0 Å². The molecule has 2 N–H and O–H groups in total. The molecule has 1 heterocycles. The van der Waals surface area contributed by atoms with Crippen molar-refractivity contribution in [3.63, 3.8) is 0 Å². The molecule has 1 aromatic carbocycles. The highest BCUT2D eigenvalue weighted by Crippen LogP contribution is 2.29. The van der Waals surface area contributed by atoms with Crippen LogP contribution >= 0.6 is 11.6 Å². The van der Waals surface area contributed by atoms with Crippen LogP contribution < -0.4 is 5.73 Å². The Morgan fingerprint density at radius 3 is 2.74 bits per heavy atom. The minimum atomic E-state index is -0.411. The zero-order valence-electron chi connectivity index (χ0n) is 11.0. The molecule has 1 unspecified atom stereocenters. The molecule has 1 atom stereocenters. The van der Waals surface area contributed by atoms with Gasteiger partial charge in [0, 0.05) is 39.2 Å². The number of nitrogens with two attached hydrogens (primary N) is 1. The van der Waals surface area contributed by atoms with Crippen molar-refractivity contribution in [2.75, 3.05) is 20.3 Å². The lowest BCUT2D eigenvalue weighted by Crippen LogP contribution is -2.53. The fraction of sp³-hybridized carbons (Fsp3) is 0.571. The van der Waals surface area contributed by atoms with E-state index in [-0.39, 0.29) is 16.7 Å². The Balaban J connectivity index is 2.10. The highest BCUT2D eigenvalue weighted by atomic mass is 35.5. The molecule has 1 aromatic rings. The van der Waals surface area contributed by atoms with Crippen LogP contribution in [0.4, 0.5) is 4.39 Å². The SMILES string of the molecule is COC1(C(N)Cc2ccc(F)c(Cl)c2)CCOCC1. The Labute approximate surface area is 117 Å². The summed E-state index contributed by atoms with van der Waals surface area (Å²) in [5, 5.41) is 0.128. The lowest BCUT2D eigenvalue weighted by Gasteiger charge is -2.40. The van der Waals surface area contributed by atoms with Gasteiger partial charge in [-0.3, -0.25) is 0 Å². The molecule has 3 nitrogen and oxygen atoms in total. The van der Waals surface area contributed by atoms with Crippen LogP contribution in [0.25, 0.3) is 0 Å². The quantitative estimate of drug-likeness (QED) is 0.925. The van der Waals surface area contributed by atoms with E-state index in [1.807, 2.05) is 0 Å². The van der Waals surface area contributed by atoms with Gasteiger partial charge in [0.2, 0.25) is 0 Å². The summed E-state index contributed by atoms with van der Waals surface area (Å²) in [7, 11) is 1.68. The van der Waals surface area contributed by atoms with Gasteiger partial charge in [-0.25, -0.2) is 4.39 Å². The summed E-state index contributed by atoms with van der Waals surface area (Å²) in [5.74, 6) is -0.411. The fourth-order valence-electron chi connectivity index (χ4n) is 2.55. The van der Waals surface area contributed by atoms with Crippen molar-refractivity contribution in [3.8, 4) is 0 Å². The normalized spacial score (nSPS) is 20.2. The second-order valence-electron chi connectivity index (χ2n) is 4.94. The van der Waals surface area contributed by atoms with E-state index in [0.29, 0.717) is 19.6 Å². The molecule has 0 spiro atoms. The van der Waals surface area contributed by atoms with Crippen LogP contribution in [-0.2, 0) is 15.9 Å². The van der Waals surface area contributed by atoms with Crippen LogP contribution in [0, 0.1) is 5.82 Å². The molecule has 5 heteroatoms. The topological polar surface area (TPSA) is 44.5 Å². The Morgan fingerprint density at radius 2 is 2.16 bits per heavy atom. The van der Waals surface area contributed by atoms with Crippen molar-refractivity contribution < 1.29 is 13.9 Å². The van der Waals surface area contributed by atoms with Crippen molar-refractivity contribution in [2.24, 2.45) is 5.73 Å². The molecule has 1 saturated heterocycles. The molecule has 0 bridgehead atoms. The van der Waals surface area contributed by atoms with E-state index in [1.54, 1.807) is 19.2 Å². The van der Waals surface area contributed by atoms with Gasteiger partial charge in [-0.2, -0.15) is 0 Å². The third-order valence-electron chi connectivity index (χ3n) is 3.86. The number of benzene rings is 1. The third kappa shape index (κ3) is 3.26. The van der Waals surface area contributed by atoms with E-state index in [1.165, 1.54) is 6.07 Å². The van der Waals surface area contributed by atoms with Gasteiger partial charge in [-0.05, 0) is 24.1 Å². The highest BCUT2D eigenvalue weighted by molar-refractivity contribution is 6.30. The van der Waals surface area contributed by atoms with Crippen LogP contribution in [0.1, 0.15) is 18.4 Å². The smallest absolute Gasteiger partial charge is 0.141 e. The average molecular weight is 288 g/mol. The highest BCUT2D eigenvalue weighted by Gasteiger charge is 2.38. The van der Waals surface area contributed by atoms with Gasteiger partial charge >= 0.3 is 0 Å². The van der Waals surface area contributed by atoms with Gasteiger partial charge in [0.1, 0.15) is 5.82 Å². The second-order valence-corrected chi connectivity index (χ2v) is 5.35. The Kier molecular flexibility index (Phi) is 4.79. The van der Waals surface area contributed by atoms with Crippen molar-refractivity contribution in [2.45, 2.75) is 30.9 Å². The first-order valence-electron chi connectivity index (χ1n) is 6.40. The van der Waals surface area contributed by atoms with E-state index >= 15 is 0 Å². The molecular formula is C14H19ClFNO2. The average Bonchev–Trinajstić information content (AvgIpc) is 2.43. The van der Waals surface area contributed by atoms with Gasteiger partial charge in [0.15, 0.2) is 0 Å². The van der Waals surface area contributed by atoms with Crippen LogP contribution in [0.5, 0.6) is 0 Å². The van der Waals surface area contributed by atoms with Gasteiger partial charge in [-0.1, -0.05) is 17.7 Å². The number of methoxy groups -OCH3 is 1. The summed E-state index contributed by atoms with van der Waals surface area (Å²) in [5.41, 5.74) is 6.85. The van der Waals surface area contributed by atoms with E-state index in [2.05, 4.69) is 0 Å². The van der Waals surface area contributed by atoms with Crippen molar-refractivity contribution in [1.82, 2.24) is 0 Å². The third-order valence-corrected chi connectivity index (χ3v) is 4.15. The van der Waals surface area contributed by atoms with Gasteiger partial charge in [-0.15, -0.1) is 0 Å². The maximum absolute atomic E-state index is 13.1. The molecule has 0 saturated carbocycles. The molecule has 0 amide bonds. The van der Waals surface area contributed by atoms with Gasteiger partial charge in [0.25, 0.3) is 0 Å². The number of hydrogen-bond acceptors (Lipinski definition) is 3. The Morgan fingerprint density at radius 1 is 1.47 bits per heavy atom. The lowest BCUT2D eigenvalue weighted by molar-refractivity contribution is -0.103. The molecule has 19 heavy (non-hydrogen) atoms. The zero-order valence-corrected chi connectivity index (χ0v) is 11.8. The first-order valence-corrected chi connectivity index (χ1v) is 6.77. The van der Waals surface area contributed by atoms with E-state index in [9.17, 15) is 4.39 Å². The van der Waals surface area contributed by atoms with E-state index < -0.39 is 5.82 Å². The minimum Gasteiger partial charge on any atom is -0.381 e. The van der Waals surface area contributed by atoms with Crippen molar-refractivity contribution >= 4 is 11.6 Å². The molecule has 1 fully saturated rings.